The predicted molar refractivity (Wildman–Crippen MR) is 100 cm³/mol. The van der Waals surface area contributed by atoms with Gasteiger partial charge in [0.25, 0.3) is 0 Å². The van der Waals surface area contributed by atoms with Gasteiger partial charge in [0, 0.05) is 11.6 Å². The lowest BCUT2D eigenvalue weighted by molar-refractivity contribution is 1.17. The maximum atomic E-state index is 3.64. The lowest BCUT2D eigenvalue weighted by Crippen LogP contribution is -2.29. The van der Waals surface area contributed by atoms with Gasteiger partial charge in [-0.3, -0.25) is 0 Å². The summed E-state index contributed by atoms with van der Waals surface area (Å²) in [5.41, 5.74) is 4.64. The quantitative estimate of drug-likeness (QED) is 0.450. The van der Waals surface area contributed by atoms with Gasteiger partial charge in [-0.1, -0.05) is 76.1 Å². The molecular formula is C16H34Si3. The molecule has 0 rings (SSSR count). The normalized spacial score (nSPS) is 15.8. The number of rotatable bonds is 4. The second kappa shape index (κ2) is 6.60. The predicted octanol–water partition coefficient (Wildman–Crippen LogP) is 5.86. The molecule has 1 atom stereocenters. The zero-order valence-electron chi connectivity index (χ0n) is 14.9. The summed E-state index contributed by atoms with van der Waals surface area (Å²) in [7, 11) is -3.42. The molecule has 3 heteroatoms. The standard InChI is InChI=1S/C16H34Si3/c1-15(14-18(5,6)7)16(19(8,9)10)12-11-13-17(2,3)4/h14,16H,13H2,1-10H3/b15-14+. The first-order valence-electron chi connectivity index (χ1n) is 7.40. The van der Waals surface area contributed by atoms with Crippen LogP contribution in [0.1, 0.15) is 6.92 Å². The van der Waals surface area contributed by atoms with Crippen molar-refractivity contribution in [3.05, 3.63) is 11.3 Å². The molecule has 0 aliphatic heterocycles. The molecule has 19 heavy (non-hydrogen) atoms. The summed E-state index contributed by atoms with van der Waals surface area (Å²) in [5.74, 6) is 7.16. The molecule has 0 radical (unpaired) electrons. The van der Waals surface area contributed by atoms with Crippen molar-refractivity contribution in [2.75, 3.05) is 0 Å². The van der Waals surface area contributed by atoms with Crippen molar-refractivity contribution in [2.24, 2.45) is 0 Å². The second-order valence-corrected chi connectivity index (χ2v) is 24.9. The maximum Gasteiger partial charge on any atom is 0.0686 e. The highest BCUT2D eigenvalue weighted by Gasteiger charge is 2.27. The van der Waals surface area contributed by atoms with Crippen LogP contribution >= 0.6 is 0 Å². The van der Waals surface area contributed by atoms with Crippen molar-refractivity contribution in [2.45, 2.75) is 77.4 Å². The van der Waals surface area contributed by atoms with E-state index in [0.717, 1.165) is 6.04 Å². The molecule has 0 saturated heterocycles. The highest BCUT2D eigenvalue weighted by molar-refractivity contribution is 6.82. The summed E-state index contributed by atoms with van der Waals surface area (Å²) < 4.78 is 0. The molecule has 1 unspecified atom stereocenters. The Kier molecular flexibility index (Phi) is 6.58. The van der Waals surface area contributed by atoms with Gasteiger partial charge in [-0.15, -0.1) is 5.92 Å². The lowest BCUT2D eigenvalue weighted by atomic mass is 10.2. The van der Waals surface area contributed by atoms with E-state index in [-0.39, 0.29) is 0 Å². The summed E-state index contributed by atoms with van der Waals surface area (Å²) in [6.07, 6.45) is 0. The van der Waals surface area contributed by atoms with Crippen LogP contribution in [0.4, 0.5) is 0 Å². The molecule has 0 fully saturated rings. The molecule has 0 aromatic carbocycles. The van der Waals surface area contributed by atoms with E-state index in [1.807, 2.05) is 0 Å². The van der Waals surface area contributed by atoms with Gasteiger partial charge in [0.2, 0.25) is 0 Å². The first-order chi connectivity index (χ1) is 8.22. The second-order valence-electron chi connectivity index (χ2n) is 9.11. The number of hydrogen-bond donors (Lipinski definition) is 0. The van der Waals surface area contributed by atoms with Crippen molar-refractivity contribution in [1.82, 2.24) is 0 Å². The molecular weight excluding hydrogens is 276 g/mol. The van der Waals surface area contributed by atoms with Gasteiger partial charge in [-0.25, -0.2) is 0 Å². The Bertz CT molecular complexity index is 375. The minimum absolute atomic E-state index is 0.538. The highest BCUT2D eigenvalue weighted by Crippen LogP contribution is 2.30. The monoisotopic (exact) mass is 310 g/mol. The van der Waals surface area contributed by atoms with E-state index in [9.17, 15) is 0 Å². The molecule has 0 aromatic heterocycles. The topological polar surface area (TPSA) is 0 Å². The molecule has 0 nitrogen and oxygen atoms in total. The minimum Gasteiger partial charge on any atom is -0.106 e. The summed E-state index contributed by atoms with van der Waals surface area (Å²) in [6, 6.07) is 1.13. The Morgan fingerprint density at radius 2 is 1.42 bits per heavy atom. The molecule has 110 valence electrons. The molecule has 0 aliphatic rings. The van der Waals surface area contributed by atoms with E-state index in [1.54, 1.807) is 5.57 Å². The zero-order chi connectivity index (χ0) is 15.5. The minimum atomic E-state index is -1.25. The van der Waals surface area contributed by atoms with Crippen LogP contribution in [0, 0.1) is 11.8 Å². The lowest BCUT2D eigenvalue weighted by Gasteiger charge is -2.27. The van der Waals surface area contributed by atoms with E-state index < -0.39 is 24.2 Å². The third-order valence-corrected chi connectivity index (χ3v) is 7.74. The zero-order valence-corrected chi connectivity index (χ0v) is 17.9. The van der Waals surface area contributed by atoms with E-state index >= 15 is 0 Å². The molecule has 0 N–H and O–H groups in total. The van der Waals surface area contributed by atoms with E-state index in [2.05, 4.69) is 83.4 Å². The fourth-order valence-corrected chi connectivity index (χ4v) is 6.51. The van der Waals surface area contributed by atoms with Crippen LogP contribution in [-0.2, 0) is 0 Å². The highest BCUT2D eigenvalue weighted by atomic mass is 28.3. The average Bonchev–Trinajstić information content (AvgIpc) is 2.04. The van der Waals surface area contributed by atoms with Gasteiger partial charge in [-0.2, -0.15) is 0 Å². The van der Waals surface area contributed by atoms with E-state index in [1.165, 1.54) is 0 Å². The smallest absolute Gasteiger partial charge is 0.0686 e. The molecule has 0 heterocycles. The van der Waals surface area contributed by atoms with Gasteiger partial charge in [0.15, 0.2) is 0 Å². The molecule has 0 amide bonds. The van der Waals surface area contributed by atoms with E-state index in [0.29, 0.717) is 5.54 Å². The summed E-state index contributed by atoms with van der Waals surface area (Å²) in [5, 5.41) is 0. The Hall–Kier alpha value is -0.0494. The SMILES string of the molecule is C/C(=C\[Si](C)(C)C)C(C#CC[Si](C)(C)C)[Si](C)(C)C. The van der Waals surface area contributed by atoms with Crippen LogP contribution in [-0.4, -0.2) is 24.2 Å². The Balaban J connectivity index is 5.22. The van der Waals surface area contributed by atoms with Crippen LogP contribution in [0.15, 0.2) is 11.3 Å². The first-order valence-corrected chi connectivity index (χ1v) is 18.3. The molecule has 0 aromatic rings. The van der Waals surface area contributed by atoms with Crippen molar-refractivity contribution < 1.29 is 0 Å². The van der Waals surface area contributed by atoms with E-state index in [4.69, 9.17) is 0 Å². The third kappa shape index (κ3) is 9.48. The largest absolute Gasteiger partial charge is 0.106 e. The average molecular weight is 311 g/mol. The van der Waals surface area contributed by atoms with Crippen molar-refractivity contribution in [3.8, 4) is 11.8 Å². The van der Waals surface area contributed by atoms with Crippen LogP contribution in [0.5, 0.6) is 0 Å². The molecule has 0 aliphatic carbocycles. The van der Waals surface area contributed by atoms with Crippen LogP contribution in [0.3, 0.4) is 0 Å². The Morgan fingerprint density at radius 1 is 0.947 bits per heavy atom. The molecule has 0 saturated carbocycles. The molecule has 0 spiro atoms. The van der Waals surface area contributed by atoms with Gasteiger partial charge in [0.05, 0.1) is 24.2 Å². The molecule has 0 bridgehead atoms. The summed E-state index contributed by atoms with van der Waals surface area (Å²) in [4.78, 5) is 0. The van der Waals surface area contributed by atoms with Crippen LogP contribution in [0.2, 0.25) is 70.5 Å². The van der Waals surface area contributed by atoms with Crippen LogP contribution in [0.25, 0.3) is 0 Å². The fraction of sp³-hybridized carbons (Fsp3) is 0.750. The number of hydrogen-bond acceptors (Lipinski definition) is 0. The Morgan fingerprint density at radius 3 is 1.74 bits per heavy atom. The maximum absolute atomic E-state index is 3.64. The number of allylic oxidation sites excluding steroid dienone is 1. The summed E-state index contributed by atoms with van der Waals surface area (Å²) in [6.45, 7) is 24.1. The van der Waals surface area contributed by atoms with Gasteiger partial charge in [0.1, 0.15) is 0 Å². The fourth-order valence-electron chi connectivity index (χ4n) is 2.20. The van der Waals surface area contributed by atoms with Crippen LogP contribution < -0.4 is 0 Å². The van der Waals surface area contributed by atoms with Gasteiger partial charge in [-0.05, 0) is 6.92 Å². The van der Waals surface area contributed by atoms with Gasteiger partial charge < -0.3 is 0 Å². The first kappa shape index (κ1) is 19.0. The van der Waals surface area contributed by atoms with Gasteiger partial charge >= 0.3 is 0 Å². The Labute approximate surface area is 125 Å². The summed E-state index contributed by atoms with van der Waals surface area (Å²) >= 11 is 0. The van der Waals surface area contributed by atoms with Crippen molar-refractivity contribution in [1.29, 1.82) is 0 Å². The van der Waals surface area contributed by atoms with Crippen molar-refractivity contribution in [3.63, 3.8) is 0 Å². The third-order valence-electron chi connectivity index (χ3n) is 2.85. The van der Waals surface area contributed by atoms with Crippen molar-refractivity contribution >= 4 is 24.2 Å².